The van der Waals surface area contributed by atoms with E-state index in [0.29, 0.717) is 43.3 Å². The van der Waals surface area contributed by atoms with Crippen LogP contribution in [0, 0.1) is 5.82 Å². The van der Waals surface area contributed by atoms with Crippen molar-refractivity contribution in [1.82, 2.24) is 9.88 Å². The third kappa shape index (κ3) is 5.95. The van der Waals surface area contributed by atoms with Gasteiger partial charge in [-0.3, -0.25) is 9.52 Å². The second-order valence-electron chi connectivity index (χ2n) is 8.71. The van der Waals surface area contributed by atoms with Crippen LogP contribution in [0.4, 0.5) is 21.5 Å². The molecule has 12 heteroatoms. The number of nitrogens with zero attached hydrogens (tertiary/aromatic N) is 2. The Bertz CT molecular complexity index is 1520. The minimum Gasteiger partial charge on any atom is -0.484 e. The number of nitrogens with one attached hydrogen (secondary N) is 2. The first-order valence-corrected chi connectivity index (χ1v) is 13.2. The Hall–Kier alpha value is -3.96. The quantitative estimate of drug-likeness (QED) is 0.316. The van der Waals surface area contributed by atoms with E-state index >= 15 is 0 Å². The minimum absolute atomic E-state index is 0. The van der Waals surface area contributed by atoms with Crippen molar-refractivity contribution in [2.75, 3.05) is 48.1 Å². The minimum atomic E-state index is -3.81. The van der Waals surface area contributed by atoms with Gasteiger partial charge in [0.25, 0.3) is 15.9 Å². The van der Waals surface area contributed by atoms with Gasteiger partial charge in [0.15, 0.2) is 6.61 Å². The number of piperazine rings is 1. The number of halogens is 2. The first-order valence-electron chi connectivity index (χ1n) is 11.7. The number of amides is 1. The fourth-order valence-corrected chi connectivity index (χ4v) is 5.29. The Kier molecular flexibility index (Phi) is 7.98. The summed E-state index contributed by atoms with van der Waals surface area (Å²) in [6.07, 6.45) is 1.72. The van der Waals surface area contributed by atoms with Crippen LogP contribution in [0.1, 0.15) is 0 Å². The summed E-state index contributed by atoms with van der Waals surface area (Å²) in [5.74, 6) is -0.00834. The molecule has 0 radical (unpaired) electrons. The molecule has 1 fully saturated rings. The molecule has 4 N–H and O–H groups in total. The molecule has 38 heavy (non-hydrogen) atoms. The van der Waals surface area contributed by atoms with Crippen molar-refractivity contribution in [3.63, 3.8) is 0 Å². The smallest absolute Gasteiger partial charge is 0.261 e. The van der Waals surface area contributed by atoms with E-state index in [1.165, 1.54) is 12.1 Å². The predicted octanol–water partition coefficient (Wildman–Crippen LogP) is 3.84. The third-order valence-corrected chi connectivity index (χ3v) is 7.69. The van der Waals surface area contributed by atoms with Gasteiger partial charge in [-0.25, -0.2) is 12.8 Å². The van der Waals surface area contributed by atoms with Crippen LogP contribution in [0.25, 0.3) is 10.9 Å². The monoisotopic (exact) mass is 559 g/mol. The number of carbonyl (C=O) groups excluding carboxylic acids is 1. The van der Waals surface area contributed by atoms with Gasteiger partial charge in [-0.1, -0.05) is 0 Å². The molecular weight excluding hydrogens is 533 g/mol. The van der Waals surface area contributed by atoms with Crippen molar-refractivity contribution in [2.24, 2.45) is 0 Å². The number of fused-ring (bicyclic) bond motifs is 1. The van der Waals surface area contributed by atoms with E-state index in [0.717, 1.165) is 28.7 Å². The Labute approximate surface area is 225 Å². The number of ether oxygens (including phenoxy) is 1. The highest BCUT2D eigenvalue weighted by molar-refractivity contribution is 7.92. The second kappa shape index (κ2) is 11.2. The lowest BCUT2D eigenvalue weighted by atomic mass is 10.2. The van der Waals surface area contributed by atoms with Crippen LogP contribution in [0.3, 0.4) is 0 Å². The van der Waals surface area contributed by atoms with E-state index in [2.05, 4.69) is 14.6 Å². The van der Waals surface area contributed by atoms with Crippen molar-refractivity contribution in [3.8, 4) is 5.75 Å². The van der Waals surface area contributed by atoms with Crippen LogP contribution in [-0.4, -0.2) is 57.0 Å². The highest BCUT2D eigenvalue weighted by Crippen LogP contribution is 2.25. The topological polar surface area (TPSA) is 121 Å². The number of anilines is 3. The summed E-state index contributed by atoms with van der Waals surface area (Å²) < 4.78 is 46.3. The summed E-state index contributed by atoms with van der Waals surface area (Å²) in [6.45, 7) is 2.31. The van der Waals surface area contributed by atoms with Crippen molar-refractivity contribution < 1.29 is 22.3 Å². The molecule has 0 bridgehead atoms. The van der Waals surface area contributed by atoms with Gasteiger partial charge in [-0.2, -0.15) is 0 Å². The van der Waals surface area contributed by atoms with Gasteiger partial charge >= 0.3 is 0 Å². The third-order valence-electron chi connectivity index (χ3n) is 6.29. The lowest BCUT2D eigenvalue weighted by Gasteiger charge is -2.36. The maximum atomic E-state index is 13.1. The molecule has 1 aliphatic rings. The van der Waals surface area contributed by atoms with E-state index in [1.807, 2.05) is 24.3 Å². The Morgan fingerprint density at radius 3 is 2.37 bits per heavy atom. The number of aromatic nitrogens is 1. The van der Waals surface area contributed by atoms with Crippen LogP contribution in [-0.2, 0) is 14.8 Å². The van der Waals surface area contributed by atoms with Gasteiger partial charge in [0.05, 0.1) is 10.6 Å². The standard InChI is InChI=1S/C26H26FN5O4S.ClH/c27-18-1-8-22(9-2-18)37(34,35)30-19-3-5-20(6-4-19)31-11-13-32(14-12-31)26(33)17-36-21-7-10-25-23(15-21)24(28)16-29-25;/h1-10,15-16,29-30H,11-14,17,28H2;1H. The molecule has 0 saturated carbocycles. The average molecular weight is 560 g/mol. The molecule has 0 aliphatic carbocycles. The number of hydrogen-bond donors (Lipinski definition) is 3. The van der Waals surface area contributed by atoms with E-state index in [9.17, 15) is 17.6 Å². The average Bonchev–Trinajstić information content (AvgIpc) is 3.28. The molecule has 1 aliphatic heterocycles. The molecule has 0 unspecified atom stereocenters. The number of aromatic amines is 1. The normalized spacial score (nSPS) is 13.7. The van der Waals surface area contributed by atoms with Crippen LogP contribution in [0.2, 0.25) is 0 Å². The fraction of sp³-hybridized carbons (Fsp3) is 0.192. The van der Waals surface area contributed by atoms with Crippen LogP contribution >= 0.6 is 12.4 Å². The van der Waals surface area contributed by atoms with E-state index < -0.39 is 15.8 Å². The van der Waals surface area contributed by atoms with Gasteiger partial charge in [-0.15, -0.1) is 12.4 Å². The largest absolute Gasteiger partial charge is 0.484 e. The number of H-pyrrole nitrogens is 1. The Morgan fingerprint density at radius 1 is 1.00 bits per heavy atom. The van der Waals surface area contributed by atoms with Gasteiger partial charge in [-0.05, 0) is 66.7 Å². The summed E-state index contributed by atoms with van der Waals surface area (Å²) in [7, 11) is -3.81. The molecule has 2 heterocycles. The summed E-state index contributed by atoms with van der Waals surface area (Å²) in [4.78, 5) is 19.6. The lowest BCUT2D eigenvalue weighted by Crippen LogP contribution is -2.50. The van der Waals surface area contributed by atoms with Crippen LogP contribution < -0.4 is 20.1 Å². The maximum absolute atomic E-state index is 13.1. The van der Waals surface area contributed by atoms with Gasteiger partial charge in [0.1, 0.15) is 11.6 Å². The summed E-state index contributed by atoms with van der Waals surface area (Å²) >= 11 is 0. The first-order chi connectivity index (χ1) is 17.8. The molecule has 1 amide bonds. The molecule has 0 spiro atoms. The van der Waals surface area contributed by atoms with Gasteiger partial charge < -0.3 is 25.3 Å². The number of hydrogen-bond acceptors (Lipinski definition) is 6. The van der Waals surface area contributed by atoms with Crippen molar-refractivity contribution in [2.45, 2.75) is 4.90 Å². The van der Waals surface area contributed by atoms with Crippen LogP contribution in [0.15, 0.2) is 77.8 Å². The highest BCUT2D eigenvalue weighted by atomic mass is 35.5. The van der Waals surface area contributed by atoms with Gasteiger partial charge in [0.2, 0.25) is 0 Å². The fourth-order valence-electron chi connectivity index (χ4n) is 4.23. The van der Waals surface area contributed by atoms with Crippen LogP contribution in [0.5, 0.6) is 5.75 Å². The van der Waals surface area contributed by atoms with Gasteiger partial charge in [0, 0.05) is 54.7 Å². The molecular formula is C26H27ClFN5O4S. The van der Waals surface area contributed by atoms with Crippen molar-refractivity contribution >= 4 is 56.3 Å². The molecule has 5 rings (SSSR count). The molecule has 9 nitrogen and oxygen atoms in total. The molecule has 4 aromatic rings. The summed E-state index contributed by atoms with van der Waals surface area (Å²) in [5, 5.41) is 0.854. The summed E-state index contributed by atoms with van der Waals surface area (Å²) in [5.41, 5.74) is 8.79. The van der Waals surface area contributed by atoms with E-state index in [4.69, 9.17) is 10.5 Å². The van der Waals surface area contributed by atoms with Crippen molar-refractivity contribution in [3.05, 3.63) is 78.7 Å². The number of nitrogen functional groups attached to an aromatic ring is 1. The molecule has 1 aromatic heterocycles. The number of benzene rings is 3. The maximum Gasteiger partial charge on any atom is 0.261 e. The Balaban J connectivity index is 0.00000336. The first kappa shape index (κ1) is 27.1. The zero-order valence-electron chi connectivity index (χ0n) is 20.3. The number of rotatable bonds is 7. The molecule has 1 saturated heterocycles. The Morgan fingerprint density at radius 2 is 1.68 bits per heavy atom. The lowest BCUT2D eigenvalue weighted by molar-refractivity contribution is -0.133. The SMILES string of the molecule is Cl.Nc1c[nH]c2ccc(OCC(=O)N3CCN(c4ccc(NS(=O)(=O)c5ccc(F)cc5)cc4)CC3)cc12. The molecule has 3 aromatic carbocycles. The highest BCUT2D eigenvalue weighted by Gasteiger charge is 2.22. The number of carbonyl (C=O) groups is 1. The summed E-state index contributed by atoms with van der Waals surface area (Å²) in [6, 6.07) is 17.1. The zero-order valence-corrected chi connectivity index (χ0v) is 21.9. The zero-order chi connectivity index (χ0) is 26.0. The van der Waals surface area contributed by atoms with Crippen molar-refractivity contribution in [1.29, 1.82) is 0 Å². The molecule has 200 valence electrons. The number of sulfonamides is 1. The molecule has 0 atom stereocenters. The van der Waals surface area contributed by atoms with E-state index in [-0.39, 0.29) is 29.8 Å². The number of nitrogens with two attached hydrogens (primary N) is 1. The predicted molar refractivity (Wildman–Crippen MR) is 148 cm³/mol. The van der Waals surface area contributed by atoms with E-state index in [1.54, 1.807) is 29.3 Å². The second-order valence-corrected chi connectivity index (χ2v) is 10.4.